The summed E-state index contributed by atoms with van der Waals surface area (Å²) in [5.74, 6) is 0.433. The molecule has 8 heteroatoms. The smallest absolute Gasteiger partial charge is 0.278 e. The molecule has 0 aliphatic carbocycles. The van der Waals surface area contributed by atoms with Gasteiger partial charge in [-0.3, -0.25) is 4.79 Å². The van der Waals surface area contributed by atoms with E-state index < -0.39 is 9.84 Å². The molecule has 2 aliphatic rings. The minimum Gasteiger partial charge on any atom is -0.508 e. The van der Waals surface area contributed by atoms with E-state index in [1.807, 2.05) is 19.1 Å². The Morgan fingerprint density at radius 2 is 1.92 bits per heavy atom. The second kappa shape index (κ2) is 7.21. The van der Waals surface area contributed by atoms with E-state index in [0.29, 0.717) is 6.42 Å². The van der Waals surface area contributed by atoms with Crippen molar-refractivity contribution in [1.29, 1.82) is 0 Å². The number of amides is 1. The van der Waals surface area contributed by atoms with Gasteiger partial charge in [-0.2, -0.15) is 0 Å². The molecular formula is C17H26N3O4S+. The number of piperazine rings is 1. The first-order valence-corrected chi connectivity index (χ1v) is 10.6. The molecule has 0 aromatic heterocycles. The van der Waals surface area contributed by atoms with Crippen LogP contribution < -0.4 is 15.1 Å². The van der Waals surface area contributed by atoms with Gasteiger partial charge in [-0.1, -0.05) is 0 Å². The van der Waals surface area contributed by atoms with E-state index in [1.165, 1.54) is 4.90 Å². The van der Waals surface area contributed by atoms with Crippen LogP contribution in [-0.4, -0.2) is 69.2 Å². The summed E-state index contributed by atoms with van der Waals surface area (Å²) in [6.07, 6.45) is 0.519. The third kappa shape index (κ3) is 4.43. The summed E-state index contributed by atoms with van der Waals surface area (Å²) >= 11 is 0. The molecule has 1 amide bonds. The van der Waals surface area contributed by atoms with Gasteiger partial charge in [0.2, 0.25) is 0 Å². The van der Waals surface area contributed by atoms with E-state index >= 15 is 0 Å². The Kier molecular flexibility index (Phi) is 5.19. The molecule has 1 aromatic rings. The molecule has 2 fully saturated rings. The maximum atomic E-state index is 12.4. The minimum absolute atomic E-state index is 0.0600. The molecule has 0 spiro atoms. The summed E-state index contributed by atoms with van der Waals surface area (Å²) in [5.41, 5.74) is 1.07. The standard InChI is InChI=1S/C17H25N3O4S/c1-13(17(22)18-14-6-11-25(23,24)12-14)19-7-9-20(10-8-19)15-2-4-16(21)5-3-15/h2-5,13-14,21H,6-12H2,1H3,(H,18,22)/p+1/t13-,14-/m0/s1. The number of quaternary nitrogens is 1. The van der Waals surface area contributed by atoms with Gasteiger partial charge in [0.15, 0.2) is 15.9 Å². The fraction of sp³-hybridized carbons (Fsp3) is 0.588. The number of carbonyl (C=O) groups is 1. The Bertz CT molecular complexity index is 712. The van der Waals surface area contributed by atoms with Crippen LogP contribution in [0.4, 0.5) is 5.69 Å². The van der Waals surface area contributed by atoms with Crippen LogP contribution in [-0.2, 0) is 14.6 Å². The lowest BCUT2D eigenvalue weighted by Crippen LogP contribution is -3.19. The maximum absolute atomic E-state index is 12.4. The molecule has 2 saturated heterocycles. The van der Waals surface area contributed by atoms with Crippen LogP contribution in [0.3, 0.4) is 0 Å². The number of phenolic OH excluding ortho intramolecular Hbond substituents is 1. The number of sulfone groups is 1. The maximum Gasteiger partial charge on any atom is 0.278 e. The fourth-order valence-corrected chi connectivity index (χ4v) is 5.24. The predicted molar refractivity (Wildman–Crippen MR) is 95.7 cm³/mol. The molecule has 0 bridgehead atoms. The molecular weight excluding hydrogens is 342 g/mol. The van der Waals surface area contributed by atoms with E-state index in [2.05, 4.69) is 10.2 Å². The van der Waals surface area contributed by atoms with Gasteiger partial charge in [0.25, 0.3) is 5.91 Å². The molecule has 3 N–H and O–H groups in total. The van der Waals surface area contributed by atoms with Gasteiger partial charge in [0.1, 0.15) is 5.75 Å². The summed E-state index contributed by atoms with van der Waals surface area (Å²) in [6.45, 7) is 5.28. The molecule has 1 aromatic carbocycles. The zero-order chi connectivity index (χ0) is 18.0. The Hall–Kier alpha value is -1.80. The average molecular weight is 368 g/mol. The molecule has 0 radical (unpaired) electrons. The van der Waals surface area contributed by atoms with Crippen molar-refractivity contribution >= 4 is 21.4 Å². The number of nitrogens with zero attached hydrogens (tertiary/aromatic N) is 1. The number of rotatable bonds is 4. The number of carbonyl (C=O) groups excluding carboxylic acids is 1. The highest BCUT2D eigenvalue weighted by atomic mass is 32.2. The highest BCUT2D eigenvalue weighted by Crippen LogP contribution is 2.18. The summed E-state index contributed by atoms with van der Waals surface area (Å²) in [7, 11) is -2.98. The topological polar surface area (TPSA) is 91.2 Å². The molecule has 2 atom stereocenters. The van der Waals surface area contributed by atoms with Gasteiger partial charge in [-0.15, -0.1) is 0 Å². The SMILES string of the molecule is C[C@@H](C(=O)N[C@H]1CCS(=O)(=O)C1)[NH+]1CCN(c2ccc(O)cc2)CC1. The van der Waals surface area contributed by atoms with Gasteiger partial charge in [-0.05, 0) is 37.6 Å². The van der Waals surface area contributed by atoms with Crippen LogP contribution in [0.2, 0.25) is 0 Å². The molecule has 3 rings (SSSR count). The first kappa shape index (κ1) is 18.0. The lowest BCUT2D eigenvalue weighted by molar-refractivity contribution is -0.914. The Morgan fingerprint density at radius 1 is 1.28 bits per heavy atom. The molecule has 0 saturated carbocycles. The Labute approximate surface area is 148 Å². The number of hydrogen-bond acceptors (Lipinski definition) is 5. The van der Waals surface area contributed by atoms with E-state index in [9.17, 15) is 18.3 Å². The number of hydrogen-bond donors (Lipinski definition) is 3. The zero-order valence-electron chi connectivity index (χ0n) is 14.4. The third-order valence-electron chi connectivity index (χ3n) is 5.21. The lowest BCUT2D eigenvalue weighted by Gasteiger charge is -2.36. The van der Waals surface area contributed by atoms with Crippen molar-refractivity contribution in [2.24, 2.45) is 0 Å². The Balaban J connectivity index is 1.50. The highest BCUT2D eigenvalue weighted by Gasteiger charge is 2.33. The van der Waals surface area contributed by atoms with Crippen LogP contribution >= 0.6 is 0 Å². The molecule has 2 aliphatic heterocycles. The van der Waals surface area contributed by atoms with E-state index in [-0.39, 0.29) is 35.2 Å². The van der Waals surface area contributed by atoms with Gasteiger partial charge >= 0.3 is 0 Å². The van der Waals surface area contributed by atoms with E-state index in [1.54, 1.807) is 12.1 Å². The molecule has 2 heterocycles. The second-order valence-electron chi connectivity index (χ2n) is 6.99. The molecule has 25 heavy (non-hydrogen) atoms. The van der Waals surface area contributed by atoms with Crippen molar-refractivity contribution < 1.29 is 23.2 Å². The third-order valence-corrected chi connectivity index (χ3v) is 6.97. The number of phenols is 1. The number of anilines is 1. The zero-order valence-corrected chi connectivity index (χ0v) is 15.3. The van der Waals surface area contributed by atoms with Crippen LogP contribution in [0, 0.1) is 0 Å². The van der Waals surface area contributed by atoms with Crippen molar-refractivity contribution in [3.05, 3.63) is 24.3 Å². The van der Waals surface area contributed by atoms with Gasteiger partial charge in [-0.25, -0.2) is 8.42 Å². The number of benzene rings is 1. The normalized spacial score (nSPS) is 24.8. The van der Waals surface area contributed by atoms with Gasteiger partial charge in [0.05, 0.1) is 37.7 Å². The van der Waals surface area contributed by atoms with Crippen molar-refractivity contribution in [3.63, 3.8) is 0 Å². The van der Waals surface area contributed by atoms with Crippen molar-refractivity contribution in [3.8, 4) is 5.75 Å². The summed E-state index contributed by atoms with van der Waals surface area (Å²) in [6, 6.07) is 6.73. The fourth-order valence-electron chi connectivity index (χ4n) is 3.57. The van der Waals surface area contributed by atoms with E-state index in [4.69, 9.17) is 0 Å². The predicted octanol–water partition coefficient (Wildman–Crippen LogP) is -1.21. The first-order valence-electron chi connectivity index (χ1n) is 8.73. The highest BCUT2D eigenvalue weighted by molar-refractivity contribution is 7.91. The van der Waals surface area contributed by atoms with Gasteiger partial charge < -0.3 is 20.2 Å². The first-order chi connectivity index (χ1) is 11.8. The Morgan fingerprint density at radius 3 is 2.48 bits per heavy atom. The van der Waals surface area contributed by atoms with Gasteiger partial charge in [0, 0.05) is 11.7 Å². The quantitative estimate of drug-likeness (QED) is 0.620. The lowest BCUT2D eigenvalue weighted by atomic mass is 10.1. The summed E-state index contributed by atoms with van der Waals surface area (Å²) < 4.78 is 23.0. The monoisotopic (exact) mass is 368 g/mol. The average Bonchev–Trinajstić information content (AvgIpc) is 2.93. The van der Waals surface area contributed by atoms with Crippen molar-refractivity contribution in [2.45, 2.75) is 25.4 Å². The van der Waals surface area contributed by atoms with Crippen LogP contribution in [0.15, 0.2) is 24.3 Å². The summed E-state index contributed by atoms with van der Waals surface area (Å²) in [5, 5.41) is 12.3. The molecule has 7 nitrogen and oxygen atoms in total. The largest absolute Gasteiger partial charge is 0.508 e. The number of aromatic hydroxyl groups is 1. The van der Waals surface area contributed by atoms with Crippen molar-refractivity contribution in [1.82, 2.24) is 5.32 Å². The minimum atomic E-state index is -2.98. The van der Waals surface area contributed by atoms with Crippen LogP contribution in [0.25, 0.3) is 0 Å². The van der Waals surface area contributed by atoms with Crippen molar-refractivity contribution in [2.75, 3.05) is 42.6 Å². The van der Waals surface area contributed by atoms with Crippen LogP contribution in [0.5, 0.6) is 5.75 Å². The molecule has 0 unspecified atom stereocenters. The van der Waals surface area contributed by atoms with Crippen LogP contribution in [0.1, 0.15) is 13.3 Å². The molecule has 138 valence electrons. The second-order valence-corrected chi connectivity index (χ2v) is 9.22. The van der Waals surface area contributed by atoms with E-state index in [0.717, 1.165) is 31.9 Å². The summed E-state index contributed by atoms with van der Waals surface area (Å²) in [4.78, 5) is 15.9. The number of nitrogens with one attached hydrogen (secondary N) is 2.